The number of nitrogens with zero attached hydrogens (tertiary/aromatic N) is 1. The molecule has 1 aromatic carbocycles. The molecule has 0 unspecified atom stereocenters. The van der Waals surface area contributed by atoms with Gasteiger partial charge in [0.25, 0.3) is 0 Å². The van der Waals surface area contributed by atoms with Crippen LogP contribution in [0.25, 0.3) is 0 Å². The molecule has 2 aliphatic heterocycles. The Morgan fingerprint density at radius 2 is 1.50 bits per heavy atom. The van der Waals surface area contributed by atoms with Crippen LogP contribution in [0.15, 0.2) is 30.3 Å². The molecule has 30 heavy (non-hydrogen) atoms. The molecular weight excluding hydrogens is 426 g/mol. The molecule has 2 heterocycles. The number of nitrogens with one attached hydrogen (secondary N) is 1. The summed E-state index contributed by atoms with van der Waals surface area (Å²) in [5.41, 5.74) is 1.40. The summed E-state index contributed by atoms with van der Waals surface area (Å²) in [6, 6.07) is 11.3. The summed E-state index contributed by atoms with van der Waals surface area (Å²) in [5.74, 6) is -5.51. The van der Waals surface area contributed by atoms with Crippen molar-refractivity contribution in [2.75, 3.05) is 26.2 Å². The van der Waals surface area contributed by atoms with Gasteiger partial charge in [-0.3, -0.25) is 4.90 Å². The van der Waals surface area contributed by atoms with Crippen molar-refractivity contribution in [3.8, 4) is 0 Å². The third-order valence-corrected chi connectivity index (χ3v) is 4.02. The van der Waals surface area contributed by atoms with E-state index in [1.165, 1.54) is 5.56 Å². The zero-order chi connectivity index (χ0) is 22.9. The third-order valence-electron chi connectivity index (χ3n) is 4.02. The minimum atomic E-state index is -5.08. The van der Waals surface area contributed by atoms with Crippen LogP contribution in [0, 0.1) is 0 Å². The molecule has 3 rings (SSSR count). The number of alkyl halides is 6. The summed E-state index contributed by atoms with van der Waals surface area (Å²) in [4.78, 5) is 20.3. The predicted molar refractivity (Wildman–Crippen MR) is 90.6 cm³/mol. The lowest BCUT2D eigenvalue weighted by Gasteiger charge is -2.36. The lowest BCUT2D eigenvalue weighted by Crippen LogP contribution is -2.50. The van der Waals surface area contributed by atoms with Gasteiger partial charge in [-0.15, -0.1) is 0 Å². The minimum absolute atomic E-state index is 0.400. The molecule has 2 atom stereocenters. The number of hydrogen-bond donors (Lipinski definition) is 3. The molecule has 1 aromatic rings. The Morgan fingerprint density at radius 1 is 1.00 bits per heavy atom. The van der Waals surface area contributed by atoms with Crippen LogP contribution in [0.2, 0.25) is 0 Å². The first-order chi connectivity index (χ1) is 13.8. The summed E-state index contributed by atoms with van der Waals surface area (Å²) in [6.07, 6.45) is -9.77. The zero-order valence-corrected chi connectivity index (χ0v) is 15.4. The zero-order valence-electron chi connectivity index (χ0n) is 15.4. The smallest absolute Gasteiger partial charge is 0.475 e. The van der Waals surface area contributed by atoms with E-state index in [1.807, 2.05) is 0 Å². The van der Waals surface area contributed by atoms with Crippen LogP contribution >= 0.6 is 0 Å². The molecule has 0 spiro atoms. The summed E-state index contributed by atoms with van der Waals surface area (Å²) >= 11 is 0. The van der Waals surface area contributed by atoms with Gasteiger partial charge in [0.2, 0.25) is 0 Å². The van der Waals surface area contributed by atoms with Crippen LogP contribution in [0.1, 0.15) is 5.56 Å². The Kier molecular flexibility index (Phi) is 9.52. The van der Waals surface area contributed by atoms with E-state index >= 15 is 0 Å². The van der Waals surface area contributed by atoms with Gasteiger partial charge < -0.3 is 20.3 Å². The van der Waals surface area contributed by atoms with Gasteiger partial charge in [-0.25, -0.2) is 9.59 Å². The van der Waals surface area contributed by atoms with Crippen LogP contribution in [-0.2, 0) is 20.9 Å². The van der Waals surface area contributed by atoms with Gasteiger partial charge in [0, 0.05) is 32.2 Å². The Labute approximate surface area is 167 Å². The van der Waals surface area contributed by atoms with E-state index in [-0.39, 0.29) is 0 Å². The maximum atomic E-state index is 10.6. The number of halogens is 6. The molecule has 0 aliphatic carbocycles. The third kappa shape index (κ3) is 8.97. The number of benzene rings is 1. The fourth-order valence-corrected chi connectivity index (χ4v) is 2.68. The van der Waals surface area contributed by atoms with Gasteiger partial charge in [0.15, 0.2) is 0 Å². The summed E-state index contributed by atoms with van der Waals surface area (Å²) in [7, 11) is 0. The number of morpholine rings is 1. The molecule has 0 aromatic heterocycles. The Hall–Kier alpha value is -2.38. The van der Waals surface area contributed by atoms with Crippen LogP contribution < -0.4 is 5.32 Å². The van der Waals surface area contributed by atoms with Gasteiger partial charge in [-0.2, -0.15) is 26.3 Å². The second kappa shape index (κ2) is 11.1. The maximum Gasteiger partial charge on any atom is 0.490 e. The van der Waals surface area contributed by atoms with E-state index in [2.05, 4.69) is 40.5 Å². The van der Waals surface area contributed by atoms with E-state index in [0.717, 1.165) is 32.8 Å². The second-order valence-corrected chi connectivity index (χ2v) is 6.20. The average molecular weight is 446 g/mol. The first-order valence-corrected chi connectivity index (χ1v) is 8.53. The highest BCUT2D eigenvalue weighted by Crippen LogP contribution is 2.19. The molecular formula is C17H20F6N2O5. The van der Waals surface area contributed by atoms with Crippen molar-refractivity contribution in [3.05, 3.63) is 35.9 Å². The number of carboxylic acid groups (broad SMARTS) is 2. The number of hydrogen-bond acceptors (Lipinski definition) is 5. The van der Waals surface area contributed by atoms with Crippen molar-refractivity contribution in [1.82, 2.24) is 10.2 Å². The molecule has 13 heteroatoms. The highest BCUT2D eigenvalue weighted by Gasteiger charge is 2.39. The summed E-state index contributed by atoms with van der Waals surface area (Å²) in [6.45, 7) is 5.05. The highest BCUT2D eigenvalue weighted by atomic mass is 19.4. The average Bonchev–Trinajstić information content (AvgIpc) is 3.12. The van der Waals surface area contributed by atoms with Gasteiger partial charge in [-0.05, 0) is 5.56 Å². The number of carbonyl (C=O) groups is 2. The van der Waals surface area contributed by atoms with Crippen LogP contribution in [0.5, 0.6) is 0 Å². The van der Waals surface area contributed by atoms with Gasteiger partial charge in [0.1, 0.15) is 0 Å². The molecule has 2 saturated heterocycles. The van der Waals surface area contributed by atoms with Crippen LogP contribution in [0.4, 0.5) is 26.3 Å². The standard InChI is InChI=1S/C13H18N2O.2C2HF3O2/c1-2-4-11(5-3-1)10-15-6-7-16-13-9-14-8-12(13)15;2*3-2(4,5)1(6)7/h1-5,12-14H,6-10H2;2*(H,6,7)/t12-,13-;;/m1../s1. The van der Waals surface area contributed by atoms with Crippen molar-refractivity contribution in [1.29, 1.82) is 0 Å². The molecule has 0 saturated carbocycles. The maximum absolute atomic E-state index is 10.6. The molecule has 0 radical (unpaired) electrons. The molecule has 170 valence electrons. The van der Waals surface area contributed by atoms with E-state index in [4.69, 9.17) is 24.5 Å². The molecule has 0 bridgehead atoms. The number of carboxylic acids is 2. The minimum Gasteiger partial charge on any atom is -0.475 e. The van der Waals surface area contributed by atoms with Crippen molar-refractivity contribution >= 4 is 11.9 Å². The fraction of sp³-hybridized carbons (Fsp3) is 0.529. The van der Waals surface area contributed by atoms with Gasteiger partial charge in [0.05, 0.1) is 12.7 Å². The van der Waals surface area contributed by atoms with Gasteiger partial charge in [-0.1, -0.05) is 30.3 Å². The summed E-state index contributed by atoms with van der Waals surface area (Å²) < 4.78 is 69.2. The number of ether oxygens (including phenoxy) is 1. The Balaban J connectivity index is 0.000000271. The predicted octanol–water partition coefficient (Wildman–Crippen LogP) is 2.13. The van der Waals surface area contributed by atoms with Crippen LogP contribution in [0.3, 0.4) is 0 Å². The Bertz CT molecular complexity index is 659. The largest absolute Gasteiger partial charge is 0.490 e. The quantitative estimate of drug-likeness (QED) is 0.599. The molecule has 0 amide bonds. The normalized spacial score (nSPS) is 21.4. The van der Waals surface area contributed by atoms with E-state index in [0.29, 0.717) is 12.1 Å². The first kappa shape index (κ1) is 25.7. The Morgan fingerprint density at radius 3 is 1.97 bits per heavy atom. The monoisotopic (exact) mass is 446 g/mol. The number of rotatable bonds is 2. The van der Waals surface area contributed by atoms with E-state index in [1.54, 1.807) is 0 Å². The van der Waals surface area contributed by atoms with Crippen molar-refractivity contribution in [2.45, 2.75) is 31.0 Å². The highest BCUT2D eigenvalue weighted by molar-refractivity contribution is 5.73. The SMILES string of the molecule is O=C(O)C(F)(F)F.O=C(O)C(F)(F)F.c1ccc(CN2CCO[C@@H]3CNC[C@H]32)cc1. The van der Waals surface area contributed by atoms with E-state index < -0.39 is 24.3 Å². The summed E-state index contributed by atoms with van der Waals surface area (Å²) in [5, 5.41) is 17.7. The fourth-order valence-electron chi connectivity index (χ4n) is 2.68. The lowest BCUT2D eigenvalue weighted by molar-refractivity contribution is -0.193. The lowest BCUT2D eigenvalue weighted by atomic mass is 10.1. The molecule has 2 fully saturated rings. The second-order valence-electron chi connectivity index (χ2n) is 6.20. The van der Waals surface area contributed by atoms with Crippen LogP contribution in [-0.4, -0.2) is 77.8 Å². The van der Waals surface area contributed by atoms with Crippen molar-refractivity contribution in [3.63, 3.8) is 0 Å². The molecule has 2 aliphatic rings. The first-order valence-electron chi connectivity index (χ1n) is 8.53. The number of aliphatic carboxylic acids is 2. The van der Waals surface area contributed by atoms with E-state index in [9.17, 15) is 26.3 Å². The molecule has 7 nitrogen and oxygen atoms in total. The van der Waals surface area contributed by atoms with Crippen molar-refractivity contribution in [2.24, 2.45) is 0 Å². The topological polar surface area (TPSA) is 99.1 Å². The van der Waals surface area contributed by atoms with Gasteiger partial charge >= 0.3 is 24.3 Å². The van der Waals surface area contributed by atoms with Crippen molar-refractivity contribution < 1.29 is 50.9 Å². The number of fused-ring (bicyclic) bond motifs is 1. The molecule has 3 N–H and O–H groups in total.